The van der Waals surface area contributed by atoms with Crippen LogP contribution in [0.5, 0.6) is 0 Å². The van der Waals surface area contributed by atoms with E-state index in [9.17, 15) is 0 Å². The number of anilines is 1. The van der Waals surface area contributed by atoms with Crippen molar-refractivity contribution < 1.29 is 0 Å². The lowest BCUT2D eigenvalue weighted by Crippen LogP contribution is -2.31. The van der Waals surface area contributed by atoms with Gasteiger partial charge in [-0.05, 0) is 50.8 Å². The molecule has 1 aromatic heterocycles. The average Bonchev–Trinajstić information content (AvgIpc) is 3.19. The molecule has 1 saturated carbocycles. The zero-order valence-corrected chi connectivity index (χ0v) is 12.0. The number of aryl methyl sites for hydroxylation is 1. The first-order valence-corrected chi connectivity index (χ1v) is 7.03. The maximum Gasteiger partial charge on any atom is 0.128 e. The predicted molar refractivity (Wildman–Crippen MR) is 76.9 cm³/mol. The van der Waals surface area contributed by atoms with Crippen molar-refractivity contribution >= 4 is 5.82 Å². The largest absolute Gasteiger partial charge is 0.357 e. The summed E-state index contributed by atoms with van der Waals surface area (Å²) in [4.78, 5) is 7.06. The van der Waals surface area contributed by atoms with Gasteiger partial charge in [0.2, 0.25) is 0 Å². The van der Waals surface area contributed by atoms with Gasteiger partial charge < -0.3 is 10.2 Å². The molecule has 0 amide bonds. The number of aromatic nitrogens is 1. The Bertz CT molecular complexity index is 399. The molecule has 1 aliphatic rings. The summed E-state index contributed by atoms with van der Waals surface area (Å²) in [6.07, 6.45) is 2.76. The highest BCUT2D eigenvalue weighted by Crippen LogP contribution is 2.35. The summed E-state index contributed by atoms with van der Waals surface area (Å²) in [6, 6.07) is 4.96. The molecule has 1 fully saturated rings. The molecule has 1 aliphatic carbocycles. The maximum absolute atomic E-state index is 4.74. The Kier molecular flexibility index (Phi) is 4.23. The molecule has 1 aromatic rings. The van der Waals surface area contributed by atoms with E-state index in [1.165, 1.54) is 18.4 Å². The molecule has 2 rings (SSSR count). The minimum absolute atomic E-state index is 0.608. The third-order valence-corrected chi connectivity index (χ3v) is 4.02. The molecular weight excluding hydrogens is 222 g/mol. The lowest BCUT2D eigenvalue weighted by atomic mass is 10.1. The van der Waals surface area contributed by atoms with Gasteiger partial charge in [-0.3, -0.25) is 0 Å². The number of nitrogens with one attached hydrogen (secondary N) is 1. The molecule has 0 aromatic carbocycles. The van der Waals surface area contributed by atoms with Crippen LogP contribution < -0.4 is 10.2 Å². The van der Waals surface area contributed by atoms with Crippen LogP contribution in [0.15, 0.2) is 12.1 Å². The van der Waals surface area contributed by atoms with Crippen LogP contribution in [-0.2, 0) is 6.54 Å². The Morgan fingerprint density at radius 1 is 1.44 bits per heavy atom. The summed E-state index contributed by atoms with van der Waals surface area (Å²) in [6.45, 7) is 8.45. The molecule has 3 nitrogen and oxygen atoms in total. The fourth-order valence-corrected chi connectivity index (χ4v) is 2.32. The van der Waals surface area contributed by atoms with E-state index in [-0.39, 0.29) is 0 Å². The second-order valence-corrected chi connectivity index (χ2v) is 5.38. The Hall–Kier alpha value is -1.09. The molecule has 0 saturated heterocycles. The number of pyridine rings is 1. The molecule has 1 N–H and O–H groups in total. The Morgan fingerprint density at radius 2 is 2.17 bits per heavy atom. The number of hydrogen-bond acceptors (Lipinski definition) is 3. The molecule has 18 heavy (non-hydrogen) atoms. The predicted octanol–water partition coefficient (Wildman–Crippen LogP) is 2.73. The van der Waals surface area contributed by atoms with Gasteiger partial charge in [-0.2, -0.15) is 0 Å². The zero-order valence-electron chi connectivity index (χ0n) is 12.0. The van der Waals surface area contributed by atoms with Crippen LogP contribution in [0.1, 0.15) is 37.9 Å². The van der Waals surface area contributed by atoms with Crippen molar-refractivity contribution in [3.05, 3.63) is 23.4 Å². The van der Waals surface area contributed by atoms with Crippen molar-refractivity contribution in [2.45, 2.75) is 46.2 Å². The molecule has 100 valence electrons. The van der Waals surface area contributed by atoms with E-state index in [1.54, 1.807) is 0 Å². The molecular formula is C15H25N3. The van der Waals surface area contributed by atoms with Gasteiger partial charge in [0.15, 0.2) is 0 Å². The topological polar surface area (TPSA) is 28.2 Å². The Morgan fingerprint density at radius 3 is 2.72 bits per heavy atom. The van der Waals surface area contributed by atoms with Crippen molar-refractivity contribution in [1.29, 1.82) is 0 Å². The molecule has 3 heteroatoms. The second kappa shape index (κ2) is 5.70. The minimum atomic E-state index is 0.608. The van der Waals surface area contributed by atoms with Gasteiger partial charge in [-0.1, -0.05) is 13.0 Å². The lowest BCUT2D eigenvalue weighted by Gasteiger charge is -2.26. The van der Waals surface area contributed by atoms with Crippen molar-refractivity contribution in [3.8, 4) is 0 Å². The Labute approximate surface area is 111 Å². The quantitative estimate of drug-likeness (QED) is 0.838. The van der Waals surface area contributed by atoms with Gasteiger partial charge in [0.1, 0.15) is 5.82 Å². The third kappa shape index (κ3) is 3.02. The van der Waals surface area contributed by atoms with Crippen LogP contribution in [0.4, 0.5) is 5.82 Å². The van der Waals surface area contributed by atoms with E-state index in [0.717, 1.165) is 30.5 Å². The average molecular weight is 247 g/mol. The van der Waals surface area contributed by atoms with Crippen molar-refractivity contribution in [2.75, 3.05) is 18.5 Å². The standard InChI is InChI=1S/C15H25N3/c1-5-16-10-14-8-9-15(17-11(14)2)18(4)12(3)13-6-7-13/h8-9,12-13,16H,5-7,10H2,1-4H3. The van der Waals surface area contributed by atoms with E-state index >= 15 is 0 Å². The third-order valence-electron chi connectivity index (χ3n) is 4.02. The van der Waals surface area contributed by atoms with Gasteiger partial charge in [-0.25, -0.2) is 4.98 Å². The monoisotopic (exact) mass is 247 g/mol. The first-order chi connectivity index (χ1) is 8.63. The molecule has 0 spiro atoms. The summed E-state index contributed by atoms with van der Waals surface area (Å²) in [5.41, 5.74) is 2.44. The van der Waals surface area contributed by atoms with Gasteiger partial charge in [0, 0.05) is 25.3 Å². The Balaban J connectivity index is 2.07. The number of hydrogen-bond donors (Lipinski definition) is 1. The fourth-order valence-electron chi connectivity index (χ4n) is 2.32. The summed E-state index contributed by atoms with van der Waals surface area (Å²) in [7, 11) is 2.16. The summed E-state index contributed by atoms with van der Waals surface area (Å²) < 4.78 is 0. The highest BCUT2D eigenvalue weighted by molar-refractivity contribution is 5.42. The molecule has 1 heterocycles. The van der Waals surface area contributed by atoms with Crippen LogP contribution in [0.25, 0.3) is 0 Å². The highest BCUT2D eigenvalue weighted by atomic mass is 15.2. The number of rotatable bonds is 6. The van der Waals surface area contributed by atoms with Crippen LogP contribution in [0.2, 0.25) is 0 Å². The first-order valence-electron chi connectivity index (χ1n) is 7.03. The summed E-state index contributed by atoms with van der Waals surface area (Å²) in [5.74, 6) is 1.98. The molecule has 0 bridgehead atoms. The van der Waals surface area contributed by atoms with E-state index < -0.39 is 0 Å². The lowest BCUT2D eigenvalue weighted by molar-refractivity contribution is 0.603. The van der Waals surface area contributed by atoms with E-state index in [1.807, 2.05) is 0 Å². The fraction of sp³-hybridized carbons (Fsp3) is 0.667. The van der Waals surface area contributed by atoms with E-state index in [0.29, 0.717) is 6.04 Å². The molecule has 0 radical (unpaired) electrons. The van der Waals surface area contributed by atoms with Gasteiger partial charge in [-0.15, -0.1) is 0 Å². The smallest absolute Gasteiger partial charge is 0.128 e. The van der Waals surface area contributed by atoms with Crippen LogP contribution >= 0.6 is 0 Å². The zero-order chi connectivity index (χ0) is 13.1. The maximum atomic E-state index is 4.74. The highest BCUT2D eigenvalue weighted by Gasteiger charge is 2.31. The SMILES string of the molecule is CCNCc1ccc(N(C)C(C)C2CC2)nc1C. The van der Waals surface area contributed by atoms with Crippen molar-refractivity contribution in [1.82, 2.24) is 10.3 Å². The van der Waals surface area contributed by atoms with Crippen molar-refractivity contribution in [2.24, 2.45) is 5.92 Å². The van der Waals surface area contributed by atoms with Gasteiger partial charge >= 0.3 is 0 Å². The first kappa shape index (κ1) is 13.3. The molecule has 1 atom stereocenters. The second-order valence-electron chi connectivity index (χ2n) is 5.38. The van der Waals surface area contributed by atoms with Crippen LogP contribution in [0, 0.1) is 12.8 Å². The van der Waals surface area contributed by atoms with Crippen molar-refractivity contribution in [3.63, 3.8) is 0 Å². The molecule has 1 unspecified atom stereocenters. The molecule has 0 aliphatic heterocycles. The summed E-state index contributed by atoms with van der Waals surface area (Å²) in [5, 5.41) is 3.35. The van der Waals surface area contributed by atoms with E-state index in [2.05, 4.69) is 50.2 Å². The normalized spacial score (nSPS) is 16.7. The van der Waals surface area contributed by atoms with Crippen LogP contribution in [0.3, 0.4) is 0 Å². The van der Waals surface area contributed by atoms with Gasteiger partial charge in [0.25, 0.3) is 0 Å². The van der Waals surface area contributed by atoms with E-state index in [4.69, 9.17) is 4.98 Å². The van der Waals surface area contributed by atoms with Crippen LogP contribution in [-0.4, -0.2) is 24.6 Å². The summed E-state index contributed by atoms with van der Waals surface area (Å²) >= 11 is 0. The van der Waals surface area contributed by atoms with Gasteiger partial charge in [0.05, 0.1) is 0 Å². The minimum Gasteiger partial charge on any atom is -0.357 e. The number of nitrogens with zero attached hydrogens (tertiary/aromatic N) is 2.